The van der Waals surface area contributed by atoms with Crippen LogP contribution in [0.3, 0.4) is 0 Å². The molecule has 0 rings (SSSR count). The maximum atomic E-state index is 12.4. The van der Waals surface area contributed by atoms with Crippen molar-refractivity contribution < 1.29 is 36.6 Å². The van der Waals surface area contributed by atoms with Gasteiger partial charge in [-0.1, -0.05) is 0 Å². The van der Waals surface area contributed by atoms with Crippen LogP contribution in [-0.4, -0.2) is 49.5 Å². The Morgan fingerprint density at radius 1 is 1.24 bits per heavy atom. The number of alkyl halides is 5. The Kier molecular flexibility index (Phi) is 6.32. The normalized spacial score (nSPS) is 12.6. The molecule has 17 heavy (non-hydrogen) atoms. The lowest BCUT2D eigenvalue weighted by Crippen LogP contribution is -2.39. The molecule has 102 valence electrons. The molecule has 0 aliphatic carbocycles. The topological polar surface area (TPSA) is 58.6 Å². The monoisotopic (exact) mass is 265 g/mol. The molecule has 0 radical (unpaired) electrons. The van der Waals surface area contributed by atoms with Crippen molar-refractivity contribution in [2.75, 3.05) is 26.4 Å². The average molecular weight is 265 g/mol. The van der Waals surface area contributed by atoms with Crippen LogP contribution in [0.1, 0.15) is 6.42 Å². The van der Waals surface area contributed by atoms with E-state index in [1.807, 2.05) is 0 Å². The molecule has 0 aromatic rings. The first-order chi connectivity index (χ1) is 7.66. The van der Waals surface area contributed by atoms with Crippen molar-refractivity contribution in [3.05, 3.63) is 0 Å². The van der Waals surface area contributed by atoms with E-state index in [1.54, 1.807) is 5.32 Å². The molecule has 2 N–H and O–H groups in total. The van der Waals surface area contributed by atoms with Crippen molar-refractivity contribution >= 4 is 5.91 Å². The molecular formula is C8H12F5NO3. The van der Waals surface area contributed by atoms with Gasteiger partial charge < -0.3 is 15.2 Å². The zero-order valence-corrected chi connectivity index (χ0v) is 8.69. The minimum Gasteiger partial charge on any atom is -0.390 e. The van der Waals surface area contributed by atoms with Crippen LogP contribution in [0.2, 0.25) is 0 Å². The van der Waals surface area contributed by atoms with Crippen molar-refractivity contribution in [2.24, 2.45) is 0 Å². The molecule has 0 saturated heterocycles. The van der Waals surface area contributed by atoms with E-state index in [2.05, 4.69) is 4.74 Å². The molecule has 0 aromatic carbocycles. The Morgan fingerprint density at radius 2 is 1.82 bits per heavy atom. The van der Waals surface area contributed by atoms with Crippen LogP contribution in [-0.2, 0) is 9.53 Å². The summed E-state index contributed by atoms with van der Waals surface area (Å²) in [6.07, 6.45) is -4.95. The first kappa shape index (κ1) is 16.0. The van der Waals surface area contributed by atoms with Crippen LogP contribution >= 0.6 is 0 Å². The molecule has 0 fully saturated rings. The highest BCUT2D eigenvalue weighted by Crippen LogP contribution is 2.14. The van der Waals surface area contributed by atoms with Crippen molar-refractivity contribution in [1.82, 2.24) is 5.32 Å². The number of amides is 1. The van der Waals surface area contributed by atoms with Crippen LogP contribution in [0.15, 0.2) is 0 Å². The number of carbonyl (C=O) groups is 1. The molecule has 0 unspecified atom stereocenters. The van der Waals surface area contributed by atoms with E-state index in [0.29, 0.717) is 0 Å². The van der Waals surface area contributed by atoms with Gasteiger partial charge in [0.1, 0.15) is 13.2 Å². The second kappa shape index (κ2) is 6.70. The molecule has 1 amide bonds. The van der Waals surface area contributed by atoms with Crippen molar-refractivity contribution in [1.29, 1.82) is 0 Å². The smallest absolute Gasteiger partial charge is 0.390 e. The Labute approximate surface area is 93.7 Å². The molecule has 0 bridgehead atoms. The van der Waals surface area contributed by atoms with Crippen molar-refractivity contribution in [3.8, 4) is 0 Å². The lowest BCUT2D eigenvalue weighted by molar-refractivity contribution is -0.174. The zero-order valence-electron chi connectivity index (χ0n) is 8.69. The molecule has 0 aliphatic rings. The van der Waals surface area contributed by atoms with Crippen LogP contribution in [0.25, 0.3) is 0 Å². The number of aliphatic hydroxyl groups is 1. The molecule has 0 spiro atoms. The maximum absolute atomic E-state index is 12.4. The van der Waals surface area contributed by atoms with Crippen LogP contribution in [0.4, 0.5) is 22.0 Å². The summed E-state index contributed by atoms with van der Waals surface area (Å²) >= 11 is 0. The number of hydrogen-bond donors (Lipinski definition) is 2. The van der Waals surface area contributed by atoms with Crippen LogP contribution in [0.5, 0.6) is 0 Å². The third-order valence-corrected chi connectivity index (χ3v) is 1.51. The minimum atomic E-state index is -4.49. The fourth-order valence-electron chi connectivity index (χ4n) is 0.725. The second-order valence-corrected chi connectivity index (χ2v) is 3.21. The second-order valence-electron chi connectivity index (χ2n) is 3.21. The molecule has 4 nitrogen and oxygen atoms in total. The fourth-order valence-corrected chi connectivity index (χ4v) is 0.725. The summed E-state index contributed by atoms with van der Waals surface area (Å²) in [7, 11) is 0. The van der Waals surface area contributed by atoms with Crippen molar-refractivity contribution in [2.45, 2.75) is 18.5 Å². The number of hydrogen-bond acceptors (Lipinski definition) is 3. The van der Waals surface area contributed by atoms with Gasteiger partial charge in [-0.15, -0.1) is 0 Å². The maximum Gasteiger partial charge on any atom is 0.411 e. The highest BCUT2D eigenvalue weighted by molar-refractivity contribution is 5.75. The van der Waals surface area contributed by atoms with E-state index < -0.39 is 50.8 Å². The highest BCUT2D eigenvalue weighted by atomic mass is 19.4. The first-order valence-corrected chi connectivity index (χ1v) is 4.56. The Balaban J connectivity index is 3.61. The largest absolute Gasteiger partial charge is 0.411 e. The van der Waals surface area contributed by atoms with E-state index >= 15 is 0 Å². The van der Waals surface area contributed by atoms with Gasteiger partial charge in [0.05, 0.1) is 13.2 Å². The van der Waals surface area contributed by atoms with E-state index in [-0.39, 0.29) is 0 Å². The number of halogens is 5. The van der Waals surface area contributed by atoms with E-state index in [4.69, 9.17) is 5.11 Å². The van der Waals surface area contributed by atoms with Crippen LogP contribution in [0, 0.1) is 0 Å². The summed E-state index contributed by atoms with van der Waals surface area (Å²) in [6.45, 7) is -4.50. The number of ether oxygens (including phenoxy) is 1. The van der Waals surface area contributed by atoms with Gasteiger partial charge in [0.2, 0.25) is 5.91 Å². The van der Waals surface area contributed by atoms with Gasteiger partial charge in [-0.25, -0.2) is 8.78 Å². The number of aliphatic hydroxyl groups excluding tert-OH is 1. The first-order valence-electron chi connectivity index (χ1n) is 4.56. The van der Waals surface area contributed by atoms with Gasteiger partial charge >= 0.3 is 6.18 Å². The van der Waals surface area contributed by atoms with Gasteiger partial charge in [-0.3, -0.25) is 4.79 Å². The highest BCUT2D eigenvalue weighted by Gasteiger charge is 2.29. The third-order valence-electron chi connectivity index (χ3n) is 1.51. The Hall–Kier alpha value is -0.960. The quantitative estimate of drug-likeness (QED) is 0.526. The summed E-state index contributed by atoms with van der Waals surface area (Å²) < 4.78 is 63.7. The van der Waals surface area contributed by atoms with Gasteiger partial charge in [-0.05, 0) is 0 Å². The predicted molar refractivity (Wildman–Crippen MR) is 46.5 cm³/mol. The summed E-state index contributed by atoms with van der Waals surface area (Å²) in [5, 5.41) is 9.92. The SMILES string of the molecule is O=C(CCOCC(F)(F)F)NCC(F)(F)CO. The zero-order chi connectivity index (χ0) is 13.5. The lowest BCUT2D eigenvalue weighted by atomic mass is 10.3. The molecule has 9 heteroatoms. The standard InChI is InChI=1S/C8H12F5NO3/c9-7(10,4-15)3-14-6(16)1-2-17-5-8(11,12)13/h15H,1-5H2,(H,14,16). The third kappa shape index (κ3) is 9.94. The van der Waals surface area contributed by atoms with Gasteiger partial charge in [0.25, 0.3) is 5.92 Å². The van der Waals surface area contributed by atoms with E-state index in [1.165, 1.54) is 0 Å². The van der Waals surface area contributed by atoms with E-state index in [0.717, 1.165) is 0 Å². The van der Waals surface area contributed by atoms with Gasteiger partial charge in [-0.2, -0.15) is 13.2 Å². The Morgan fingerprint density at radius 3 is 2.29 bits per heavy atom. The fraction of sp³-hybridized carbons (Fsp3) is 0.875. The molecule has 0 aromatic heterocycles. The summed E-state index contributed by atoms with van der Waals surface area (Å²) in [4.78, 5) is 10.8. The van der Waals surface area contributed by atoms with Crippen molar-refractivity contribution in [3.63, 3.8) is 0 Å². The molecule has 0 heterocycles. The van der Waals surface area contributed by atoms with Crippen LogP contribution < -0.4 is 5.32 Å². The number of rotatable bonds is 7. The number of nitrogens with one attached hydrogen (secondary N) is 1. The molecule has 0 aliphatic heterocycles. The molecule has 0 atom stereocenters. The summed E-state index contributed by atoms with van der Waals surface area (Å²) in [5.74, 6) is -4.32. The summed E-state index contributed by atoms with van der Waals surface area (Å²) in [6, 6.07) is 0. The minimum absolute atomic E-state index is 0.461. The van der Waals surface area contributed by atoms with Gasteiger partial charge in [0, 0.05) is 6.42 Å². The predicted octanol–water partition coefficient (Wildman–Crippen LogP) is 0.699. The molecular weight excluding hydrogens is 253 g/mol. The molecule has 0 saturated carbocycles. The van der Waals surface area contributed by atoms with Gasteiger partial charge in [0.15, 0.2) is 0 Å². The number of carbonyl (C=O) groups excluding carboxylic acids is 1. The Bertz CT molecular complexity index is 244. The summed E-state index contributed by atoms with van der Waals surface area (Å²) in [5.41, 5.74) is 0. The lowest BCUT2D eigenvalue weighted by Gasteiger charge is -2.14. The average Bonchev–Trinajstić information content (AvgIpc) is 2.20. The van der Waals surface area contributed by atoms with E-state index in [9.17, 15) is 26.7 Å².